The van der Waals surface area contributed by atoms with Crippen molar-refractivity contribution in [3.8, 4) is 11.3 Å². The second-order valence-electron chi connectivity index (χ2n) is 5.17. The molecule has 0 aliphatic heterocycles. The molecule has 0 amide bonds. The summed E-state index contributed by atoms with van der Waals surface area (Å²) in [6.07, 6.45) is 1.87. The van der Waals surface area contributed by atoms with Gasteiger partial charge in [0, 0.05) is 25.4 Å². The SMILES string of the molecule is COCCNc1c(-c2ccc(C)cc2)nc2ccc(Cl)cn12. The summed E-state index contributed by atoms with van der Waals surface area (Å²) >= 11 is 6.13. The van der Waals surface area contributed by atoms with E-state index in [0.29, 0.717) is 18.2 Å². The smallest absolute Gasteiger partial charge is 0.139 e. The number of rotatable bonds is 5. The van der Waals surface area contributed by atoms with Gasteiger partial charge >= 0.3 is 0 Å². The minimum Gasteiger partial charge on any atom is -0.383 e. The largest absolute Gasteiger partial charge is 0.383 e. The van der Waals surface area contributed by atoms with E-state index in [9.17, 15) is 0 Å². The third kappa shape index (κ3) is 2.93. The molecule has 1 N–H and O–H groups in total. The molecule has 0 aliphatic carbocycles. The van der Waals surface area contributed by atoms with Crippen molar-refractivity contribution in [1.82, 2.24) is 9.38 Å². The van der Waals surface area contributed by atoms with E-state index in [2.05, 4.69) is 36.5 Å². The molecule has 3 aromatic rings. The Hall–Kier alpha value is -2.04. The highest BCUT2D eigenvalue weighted by molar-refractivity contribution is 6.30. The molecule has 0 bridgehead atoms. The quantitative estimate of drug-likeness (QED) is 0.723. The maximum absolute atomic E-state index is 6.13. The minimum absolute atomic E-state index is 0.626. The zero-order valence-corrected chi connectivity index (χ0v) is 13.4. The van der Waals surface area contributed by atoms with Gasteiger partial charge < -0.3 is 10.1 Å². The first-order valence-electron chi connectivity index (χ1n) is 7.16. The van der Waals surface area contributed by atoms with E-state index in [1.807, 2.05) is 22.7 Å². The average Bonchev–Trinajstić information content (AvgIpc) is 2.86. The standard InChI is InChI=1S/C17H18ClN3O/c1-12-3-5-13(6-4-12)16-17(19-9-10-22-2)21-11-14(18)7-8-15(21)20-16/h3-8,11,19H,9-10H2,1-2H3. The fourth-order valence-electron chi connectivity index (χ4n) is 2.37. The van der Waals surface area contributed by atoms with Gasteiger partial charge in [0.2, 0.25) is 0 Å². The van der Waals surface area contributed by atoms with Crippen LogP contribution in [0.1, 0.15) is 5.56 Å². The van der Waals surface area contributed by atoms with Crippen LogP contribution < -0.4 is 5.32 Å². The van der Waals surface area contributed by atoms with E-state index >= 15 is 0 Å². The Morgan fingerprint density at radius 1 is 1.18 bits per heavy atom. The number of nitrogens with zero attached hydrogens (tertiary/aromatic N) is 2. The Kier molecular flexibility index (Phi) is 4.32. The van der Waals surface area contributed by atoms with E-state index in [1.165, 1.54) is 5.56 Å². The van der Waals surface area contributed by atoms with Gasteiger partial charge in [-0.2, -0.15) is 0 Å². The number of benzene rings is 1. The third-order valence-electron chi connectivity index (χ3n) is 3.51. The summed E-state index contributed by atoms with van der Waals surface area (Å²) in [6.45, 7) is 3.40. The summed E-state index contributed by atoms with van der Waals surface area (Å²) in [6, 6.07) is 12.1. The van der Waals surface area contributed by atoms with Crippen LogP contribution in [0, 0.1) is 6.92 Å². The summed E-state index contributed by atoms with van der Waals surface area (Å²) < 4.78 is 7.10. The molecule has 0 fully saturated rings. The van der Waals surface area contributed by atoms with E-state index < -0.39 is 0 Å². The van der Waals surface area contributed by atoms with Crippen LogP contribution in [0.2, 0.25) is 5.02 Å². The molecule has 0 unspecified atom stereocenters. The molecule has 2 aromatic heterocycles. The number of hydrogen-bond donors (Lipinski definition) is 1. The molecule has 0 radical (unpaired) electrons. The van der Waals surface area contributed by atoms with Gasteiger partial charge in [-0.3, -0.25) is 4.40 Å². The minimum atomic E-state index is 0.626. The van der Waals surface area contributed by atoms with E-state index in [0.717, 1.165) is 22.7 Å². The molecular formula is C17H18ClN3O. The van der Waals surface area contributed by atoms with Gasteiger partial charge in [0.25, 0.3) is 0 Å². The van der Waals surface area contributed by atoms with Gasteiger partial charge in [-0.05, 0) is 19.1 Å². The van der Waals surface area contributed by atoms with Crippen molar-refractivity contribution in [2.75, 3.05) is 25.6 Å². The maximum Gasteiger partial charge on any atom is 0.139 e. The fourth-order valence-corrected chi connectivity index (χ4v) is 2.53. The highest BCUT2D eigenvalue weighted by atomic mass is 35.5. The Morgan fingerprint density at radius 3 is 2.68 bits per heavy atom. The summed E-state index contributed by atoms with van der Waals surface area (Å²) in [5.74, 6) is 0.929. The maximum atomic E-state index is 6.13. The van der Waals surface area contributed by atoms with Crippen molar-refractivity contribution in [2.45, 2.75) is 6.92 Å². The number of hydrogen-bond acceptors (Lipinski definition) is 3. The predicted octanol–water partition coefficient (Wildman–Crippen LogP) is 4.02. The van der Waals surface area contributed by atoms with Crippen LogP contribution in [0.3, 0.4) is 0 Å². The van der Waals surface area contributed by atoms with Gasteiger partial charge in [0.15, 0.2) is 0 Å². The van der Waals surface area contributed by atoms with Gasteiger partial charge in [-0.1, -0.05) is 41.4 Å². The van der Waals surface area contributed by atoms with Crippen LogP contribution in [-0.4, -0.2) is 29.6 Å². The van der Waals surface area contributed by atoms with E-state index in [-0.39, 0.29) is 0 Å². The monoisotopic (exact) mass is 315 g/mol. The van der Waals surface area contributed by atoms with E-state index in [1.54, 1.807) is 7.11 Å². The number of nitrogens with one attached hydrogen (secondary N) is 1. The van der Waals surface area contributed by atoms with Crippen molar-refractivity contribution in [2.24, 2.45) is 0 Å². The van der Waals surface area contributed by atoms with Crippen LogP contribution in [-0.2, 0) is 4.74 Å². The summed E-state index contributed by atoms with van der Waals surface area (Å²) in [5.41, 5.74) is 4.08. The molecule has 0 aliphatic rings. The summed E-state index contributed by atoms with van der Waals surface area (Å²) in [5, 5.41) is 4.07. The number of methoxy groups -OCH3 is 1. The molecule has 22 heavy (non-hydrogen) atoms. The number of ether oxygens (including phenoxy) is 1. The highest BCUT2D eigenvalue weighted by Gasteiger charge is 2.14. The summed E-state index contributed by atoms with van der Waals surface area (Å²) in [7, 11) is 1.69. The number of anilines is 1. The number of aryl methyl sites for hydroxylation is 1. The van der Waals surface area contributed by atoms with Crippen molar-refractivity contribution in [3.05, 3.63) is 53.2 Å². The number of pyridine rings is 1. The number of aromatic nitrogens is 2. The molecule has 2 heterocycles. The zero-order valence-electron chi connectivity index (χ0n) is 12.6. The van der Waals surface area contributed by atoms with Gasteiger partial charge in [0.1, 0.15) is 17.2 Å². The van der Waals surface area contributed by atoms with Crippen LogP contribution in [0.4, 0.5) is 5.82 Å². The molecule has 3 rings (SSSR count). The van der Waals surface area contributed by atoms with Crippen LogP contribution in [0.15, 0.2) is 42.6 Å². The Bertz CT molecular complexity index is 780. The van der Waals surface area contributed by atoms with Crippen LogP contribution in [0.25, 0.3) is 16.9 Å². The molecule has 114 valence electrons. The Balaban J connectivity index is 2.10. The van der Waals surface area contributed by atoms with Gasteiger partial charge in [-0.25, -0.2) is 4.98 Å². The lowest BCUT2D eigenvalue weighted by Gasteiger charge is -2.08. The Morgan fingerprint density at radius 2 is 1.95 bits per heavy atom. The molecule has 0 saturated heterocycles. The second kappa shape index (κ2) is 6.38. The third-order valence-corrected chi connectivity index (χ3v) is 3.73. The van der Waals surface area contributed by atoms with Crippen molar-refractivity contribution in [1.29, 1.82) is 0 Å². The predicted molar refractivity (Wildman–Crippen MR) is 90.7 cm³/mol. The van der Waals surface area contributed by atoms with Crippen LogP contribution in [0.5, 0.6) is 0 Å². The lowest BCUT2D eigenvalue weighted by molar-refractivity contribution is 0.210. The highest BCUT2D eigenvalue weighted by Crippen LogP contribution is 2.29. The van der Waals surface area contributed by atoms with Crippen molar-refractivity contribution < 1.29 is 4.74 Å². The normalized spacial score (nSPS) is 11.0. The number of halogens is 1. The second-order valence-corrected chi connectivity index (χ2v) is 5.61. The first-order valence-corrected chi connectivity index (χ1v) is 7.54. The fraction of sp³-hybridized carbons (Fsp3) is 0.235. The molecule has 5 heteroatoms. The first-order chi connectivity index (χ1) is 10.7. The molecule has 0 saturated carbocycles. The number of imidazole rings is 1. The number of fused-ring (bicyclic) bond motifs is 1. The van der Waals surface area contributed by atoms with Crippen LogP contribution >= 0.6 is 11.6 Å². The van der Waals surface area contributed by atoms with Crippen molar-refractivity contribution in [3.63, 3.8) is 0 Å². The van der Waals surface area contributed by atoms with Gasteiger partial charge in [-0.15, -0.1) is 0 Å². The zero-order chi connectivity index (χ0) is 15.5. The van der Waals surface area contributed by atoms with E-state index in [4.69, 9.17) is 21.3 Å². The Labute approximate surface area is 134 Å². The molecule has 0 atom stereocenters. The first kappa shape index (κ1) is 14.9. The lowest BCUT2D eigenvalue weighted by Crippen LogP contribution is -2.10. The summed E-state index contributed by atoms with van der Waals surface area (Å²) in [4.78, 5) is 4.73. The molecule has 1 aromatic carbocycles. The average molecular weight is 316 g/mol. The molecule has 4 nitrogen and oxygen atoms in total. The molecule has 0 spiro atoms. The van der Waals surface area contributed by atoms with Gasteiger partial charge in [0.05, 0.1) is 11.6 Å². The lowest BCUT2D eigenvalue weighted by atomic mass is 10.1. The molecular weight excluding hydrogens is 298 g/mol. The topological polar surface area (TPSA) is 38.6 Å². The van der Waals surface area contributed by atoms with Crippen molar-refractivity contribution >= 4 is 23.1 Å².